The first-order valence-electron chi connectivity index (χ1n) is 4.98. The molecule has 6 heteroatoms. The zero-order chi connectivity index (χ0) is 12.4. The van der Waals surface area contributed by atoms with Crippen molar-refractivity contribution in [1.29, 1.82) is 0 Å². The molecular formula is C11H10ClNO4. The number of anilines is 1. The number of halogens is 1. The number of para-hydroxylation sites is 2. The lowest BCUT2D eigenvalue weighted by atomic mass is 10.2. The van der Waals surface area contributed by atoms with Crippen molar-refractivity contribution in [2.45, 2.75) is 6.10 Å². The summed E-state index contributed by atoms with van der Waals surface area (Å²) >= 11 is 5.50. The molecule has 0 saturated heterocycles. The standard InChI is InChI=1S/C11H10ClNO4/c12-5-10(14)13-6-9(11(15)16)17-8-4-2-1-3-7(8)13/h1-4,9H,5-6H2,(H,15,16). The molecule has 0 aromatic heterocycles. The number of rotatable bonds is 2. The van der Waals surface area contributed by atoms with Gasteiger partial charge in [0, 0.05) is 0 Å². The number of carbonyl (C=O) groups is 2. The largest absolute Gasteiger partial charge is 0.478 e. The van der Waals surface area contributed by atoms with Crippen molar-refractivity contribution in [3.8, 4) is 5.75 Å². The van der Waals surface area contributed by atoms with Crippen LogP contribution < -0.4 is 9.64 Å². The van der Waals surface area contributed by atoms with Gasteiger partial charge in [-0.3, -0.25) is 4.79 Å². The Hall–Kier alpha value is -1.75. The summed E-state index contributed by atoms with van der Waals surface area (Å²) in [6.45, 7) is -0.0299. The molecule has 1 aromatic rings. The van der Waals surface area contributed by atoms with Crippen LogP contribution in [0.1, 0.15) is 0 Å². The van der Waals surface area contributed by atoms with Crippen LogP contribution in [0.15, 0.2) is 24.3 Å². The quantitative estimate of drug-likeness (QED) is 0.804. The maximum Gasteiger partial charge on any atom is 0.346 e. The first-order valence-corrected chi connectivity index (χ1v) is 5.51. The minimum Gasteiger partial charge on any atom is -0.478 e. The molecule has 17 heavy (non-hydrogen) atoms. The Bertz CT molecular complexity index is 463. The van der Waals surface area contributed by atoms with Gasteiger partial charge in [-0.05, 0) is 12.1 Å². The summed E-state index contributed by atoms with van der Waals surface area (Å²) in [7, 11) is 0. The van der Waals surface area contributed by atoms with Crippen molar-refractivity contribution in [1.82, 2.24) is 0 Å². The number of amides is 1. The maximum absolute atomic E-state index is 11.6. The molecule has 1 aromatic carbocycles. The highest BCUT2D eigenvalue weighted by atomic mass is 35.5. The van der Waals surface area contributed by atoms with Crippen molar-refractivity contribution in [2.24, 2.45) is 0 Å². The minimum absolute atomic E-state index is 0.0299. The fraction of sp³-hybridized carbons (Fsp3) is 0.273. The van der Waals surface area contributed by atoms with Gasteiger partial charge in [0.25, 0.3) is 0 Å². The molecule has 0 fully saturated rings. The maximum atomic E-state index is 11.6. The van der Waals surface area contributed by atoms with Gasteiger partial charge in [0.05, 0.1) is 12.2 Å². The van der Waals surface area contributed by atoms with Crippen LogP contribution in [0.2, 0.25) is 0 Å². The number of ether oxygens (including phenoxy) is 1. The van der Waals surface area contributed by atoms with Gasteiger partial charge in [-0.25, -0.2) is 4.79 Å². The number of nitrogens with zero attached hydrogens (tertiary/aromatic N) is 1. The van der Waals surface area contributed by atoms with Crippen LogP contribution in [0.3, 0.4) is 0 Å². The average Bonchev–Trinajstić information content (AvgIpc) is 2.36. The number of benzene rings is 1. The highest BCUT2D eigenvalue weighted by Crippen LogP contribution is 2.33. The van der Waals surface area contributed by atoms with Gasteiger partial charge in [-0.2, -0.15) is 0 Å². The van der Waals surface area contributed by atoms with Crippen molar-refractivity contribution >= 4 is 29.2 Å². The van der Waals surface area contributed by atoms with Crippen molar-refractivity contribution in [3.05, 3.63) is 24.3 Å². The van der Waals surface area contributed by atoms with E-state index in [1.807, 2.05) is 0 Å². The fourth-order valence-electron chi connectivity index (χ4n) is 1.67. The van der Waals surface area contributed by atoms with Gasteiger partial charge >= 0.3 is 5.97 Å². The molecule has 1 amide bonds. The second-order valence-electron chi connectivity index (χ2n) is 3.55. The lowest BCUT2D eigenvalue weighted by molar-refractivity contribution is -0.145. The van der Waals surface area contributed by atoms with Crippen LogP contribution in [-0.4, -0.2) is 35.5 Å². The highest BCUT2D eigenvalue weighted by molar-refractivity contribution is 6.29. The normalized spacial score (nSPS) is 18.2. The molecule has 0 aliphatic carbocycles. The summed E-state index contributed by atoms with van der Waals surface area (Å²) in [4.78, 5) is 23.9. The molecule has 0 radical (unpaired) electrons. The third-order valence-corrected chi connectivity index (χ3v) is 2.69. The number of carboxylic acids is 1. The number of hydrogen-bond acceptors (Lipinski definition) is 3. The molecule has 90 valence electrons. The Morgan fingerprint density at radius 3 is 2.82 bits per heavy atom. The Balaban J connectivity index is 2.39. The topological polar surface area (TPSA) is 66.8 Å². The van der Waals surface area contributed by atoms with Gasteiger partial charge in [-0.1, -0.05) is 12.1 Å². The summed E-state index contributed by atoms with van der Waals surface area (Å²) < 4.78 is 5.28. The Labute approximate surface area is 103 Å². The van der Waals surface area contributed by atoms with Crippen molar-refractivity contribution in [3.63, 3.8) is 0 Å². The van der Waals surface area contributed by atoms with E-state index >= 15 is 0 Å². The van der Waals surface area contributed by atoms with E-state index in [2.05, 4.69) is 0 Å². The molecule has 0 bridgehead atoms. The van der Waals surface area contributed by atoms with E-state index in [0.29, 0.717) is 11.4 Å². The van der Waals surface area contributed by atoms with Gasteiger partial charge in [-0.15, -0.1) is 11.6 Å². The second kappa shape index (κ2) is 4.63. The highest BCUT2D eigenvalue weighted by Gasteiger charge is 2.33. The van der Waals surface area contributed by atoms with E-state index < -0.39 is 12.1 Å². The lowest BCUT2D eigenvalue weighted by Crippen LogP contribution is -2.47. The van der Waals surface area contributed by atoms with Crippen LogP contribution in [-0.2, 0) is 9.59 Å². The number of fused-ring (bicyclic) bond motifs is 1. The molecule has 1 aliphatic rings. The summed E-state index contributed by atoms with van der Waals surface area (Å²) in [5, 5.41) is 8.94. The summed E-state index contributed by atoms with van der Waals surface area (Å²) in [6.07, 6.45) is -1.06. The first-order chi connectivity index (χ1) is 8.13. The van der Waals surface area contributed by atoms with E-state index in [1.165, 1.54) is 4.90 Å². The van der Waals surface area contributed by atoms with Crippen LogP contribution in [0.4, 0.5) is 5.69 Å². The third kappa shape index (κ3) is 2.19. The molecule has 0 spiro atoms. The van der Waals surface area contributed by atoms with E-state index in [1.54, 1.807) is 24.3 Å². The zero-order valence-corrected chi connectivity index (χ0v) is 9.55. The van der Waals surface area contributed by atoms with Crippen LogP contribution in [0, 0.1) is 0 Å². The average molecular weight is 256 g/mol. The molecule has 1 aliphatic heterocycles. The molecule has 2 rings (SSSR count). The number of carboxylic acid groups (broad SMARTS) is 1. The second-order valence-corrected chi connectivity index (χ2v) is 3.82. The molecule has 1 unspecified atom stereocenters. The number of hydrogen-bond donors (Lipinski definition) is 1. The predicted molar refractivity (Wildman–Crippen MR) is 61.6 cm³/mol. The minimum atomic E-state index is -1.10. The third-order valence-electron chi connectivity index (χ3n) is 2.46. The van der Waals surface area contributed by atoms with E-state index in [0.717, 1.165) is 0 Å². The first kappa shape index (κ1) is 11.7. The number of alkyl halides is 1. The Kier molecular flexibility index (Phi) is 3.19. The summed E-state index contributed by atoms with van der Waals surface area (Å²) in [5.74, 6) is -1.26. The molecule has 1 heterocycles. The number of carbonyl (C=O) groups excluding carboxylic acids is 1. The van der Waals surface area contributed by atoms with Gasteiger partial charge < -0.3 is 14.7 Å². The molecule has 1 N–H and O–H groups in total. The summed E-state index contributed by atoms with van der Waals surface area (Å²) in [6, 6.07) is 6.78. The molecule has 0 saturated carbocycles. The fourth-order valence-corrected chi connectivity index (χ4v) is 1.82. The van der Waals surface area contributed by atoms with Gasteiger partial charge in [0.1, 0.15) is 11.6 Å². The molecule has 5 nitrogen and oxygen atoms in total. The van der Waals surface area contributed by atoms with Crippen molar-refractivity contribution < 1.29 is 19.4 Å². The number of aliphatic carboxylic acids is 1. The SMILES string of the molecule is O=C(O)C1CN(C(=O)CCl)c2ccccc2O1. The zero-order valence-electron chi connectivity index (χ0n) is 8.80. The summed E-state index contributed by atoms with van der Waals surface area (Å²) in [5.41, 5.74) is 0.552. The Morgan fingerprint density at radius 1 is 1.47 bits per heavy atom. The van der Waals surface area contributed by atoms with E-state index in [-0.39, 0.29) is 18.3 Å². The van der Waals surface area contributed by atoms with Crippen LogP contribution >= 0.6 is 11.6 Å². The monoisotopic (exact) mass is 255 g/mol. The van der Waals surface area contributed by atoms with Gasteiger partial charge in [0.15, 0.2) is 0 Å². The van der Waals surface area contributed by atoms with Crippen molar-refractivity contribution in [2.75, 3.05) is 17.3 Å². The molecule has 1 atom stereocenters. The van der Waals surface area contributed by atoms with E-state index in [4.69, 9.17) is 21.4 Å². The van der Waals surface area contributed by atoms with Gasteiger partial charge in [0.2, 0.25) is 12.0 Å². The Morgan fingerprint density at radius 2 is 2.18 bits per heavy atom. The smallest absolute Gasteiger partial charge is 0.346 e. The van der Waals surface area contributed by atoms with Crippen LogP contribution in [0.5, 0.6) is 5.75 Å². The van der Waals surface area contributed by atoms with E-state index in [9.17, 15) is 9.59 Å². The predicted octanol–water partition coefficient (Wildman–Crippen LogP) is 1.10. The molecular weight excluding hydrogens is 246 g/mol. The lowest BCUT2D eigenvalue weighted by Gasteiger charge is -2.32. The van der Waals surface area contributed by atoms with Crippen LogP contribution in [0.25, 0.3) is 0 Å².